The molecule has 124 valence electrons. The zero-order valence-corrected chi connectivity index (χ0v) is 13.6. The number of fused-ring (bicyclic) bond motifs is 1. The van der Waals surface area contributed by atoms with Gasteiger partial charge in [-0.05, 0) is 42.7 Å². The molecule has 6 nitrogen and oxygen atoms in total. The summed E-state index contributed by atoms with van der Waals surface area (Å²) in [6, 6.07) is 14.1. The van der Waals surface area contributed by atoms with Gasteiger partial charge in [0.25, 0.3) is 0 Å². The lowest BCUT2D eigenvalue weighted by molar-refractivity contribution is 0.188. The molecule has 1 atom stereocenters. The highest BCUT2D eigenvalue weighted by atomic mass is 16.5. The molecular weight excluding hydrogens is 304 g/mol. The summed E-state index contributed by atoms with van der Waals surface area (Å²) in [4.78, 5) is 14.8. The molecule has 6 heteroatoms. The molecule has 1 aliphatic rings. The number of aromatic nitrogens is 3. The van der Waals surface area contributed by atoms with Crippen molar-refractivity contribution in [1.82, 2.24) is 19.1 Å². The first-order chi connectivity index (χ1) is 11.8. The molecule has 0 saturated carbocycles. The van der Waals surface area contributed by atoms with Crippen molar-refractivity contribution in [3.05, 3.63) is 64.7 Å². The maximum atomic E-state index is 12.5. The zero-order chi connectivity index (χ0) is 16.5. The SMILES string of the molecule is COc1ccc(C2CCCN2Cn2nc3ccccn3c2=O)cc1. The summed E-state index contributed by atoms with van der Waals surface area (Å²) in [6.45, 7) is 1.48. The highest BCUT2D eigenvalue weighted by molar-refractivity contribution is 5.35. The first kappa shape index (κ1) is 15.0. The standard InChI is InChI=1S/C18H20N4O2/c1-24-15-9-7-14(8-10-15)16-5-4-11-20(16)13-22-18(23)21-12-3-2-6-17(21)19-22/h2-3,6-10,12,16H,4-5,11,13H2,1H3. The van der Waals surface area contributed by atoms with E-state index in [1.807, 2.05) is 30.3 Å². The monoisotopic (exact) mass is 324 g/mol. The third-order valence-corrected chi connectivity index (χ3v) is 4.67. The van der Waals surface area contributed by atoms with Gasteiger partial charge < -0.3 is 4.74 Å². The smallest absolute Gasteiger partial charge is 0.351 e. The molecule has 2 aromatic heterocycles. The van der Waals surface area contributed by atoms with E-state index < -0.39 is 0 Å². The van der Waals surface area contributed by atoms with Crippen LogP contribution in [0.1, 0.15) is 24.4 Å². The van der Waals surface area contributed by atoms with Crippen molar-refractivity contribution >= 4 is 5.65 Å². The highest BCUT2D eigenvalue weighted by Crippen LogP contribution is 2.32. The number of benzene rings is 1. The van der Waals surface area contributed by atoms with Crippen molar-refractivity contribution in [3.8, 4) is 5.75 Å². The van der Waals surface area contributed by atoms with E-state index in [0.29, 0.717) is 18.4 Å². The molecule has 0 bridgehead atoms. The summed E-state index contributed by atoms with van der Waals surface area (Å²) in [6.07, 6.45) is 3.97. The van der Waals surface area contributed by atoms with Gasteiger partial charge in [-0.25, -0.2) is 4.79 Å². The van der Waals surface area contributed by atoms with Crippen LogP contribution in [0.3, 0.4) is 0 Å². The summed E-state index contributed by atoms with van der Waals surface area (Å²) >= 11 is 0. The Balaban J connectivity index is 1.60. The van der Waals surface area contributed by atoms with Crippen LogP contribution in [0.15, 0.2) is 53.5 Å². The van der Waals surface area contributed by atoms with E-state index in [9.17, 15) is 4.79 Å². The molecule has 0 aliphatic carbocycles. The second-order valence-electron chi connectivity index (χ2n) is 6.10. The van der Waals surface area contributed by atoms with Crippen molar-refractivity contribution in [2.45, 2.75) is 25.6 Å². The van der Waals surface area contributed by atoms with Crippen LogP contribution in [-0.2, 0) is 6.67 Å². The van der Waals surface area contributed by atoms with Gasteiger partial charge in [0.2, 0.25) is 0 Å². The fourth-order valence-electron chi connectivity index (χ4n) is 3.43. The predicted octanol–water partition coefficient (Wildman–Crippen LogP) is 2.30. The molecule has 24 heavy (non-hydrogen) atoms. The van der Waals surface area contributed by atoms with E-state index >= 15 is 0 Å². The molecule has 1 unspecified atom stereocenters. The van der Waals surface area contributed by atoms with Gasteiger partial charge in [-0.1, -0.05) is 18.2 Å². The second kappa shape index (κ2) is 6.13. The molecule has 1 saturated heterocycles. The van der Waals surface area contributed by atoms with Gasteiger partial charge in [0.1, 0.15) is 5.75 Å². The Morgan fingerprint density at radius 3 is 2.79 bits per heavy atom. The predicted molar refractivity (Wildman–Crippen MR) is 91.1 cm³/mol. The van der Waals surface area contributed by atoms with Gasteiger partial charge in [0, 0.05) is 18.8 Å². The van der Waals surface area contributed by atoms with Gasteiger partial charge in [-0.2, -0.15) is 4.68 Å². The highest BCUT2D eigenvalue weighted by Gasteiger charge is 2.27. The molecular formula is C18H20N4O2. The van der Waals surface area contributed by atoms with E-state index in [4.69, 9.17) is 4.74 Å². The maximum absolute atomic E-state index is 12.5. The summed E-state index contributed by atoms with van der Waals surface area (Å²) in [5, 5.41) is 4.44. The van der Waals surface area contributed by atoms with E-state index in [0.717, 1.165) is 25.1 Å². The van der Waals surface area contributed by atoms with E-state index in [1.54, 1.807) is 22.4 Å². The average molecular weight is 324 g/mol. The van der Waals surface area contributed by atoms with Crippen LogP contribution in [0, 0.1) is 0 Å². The normalized spacial score (nSPS) is 18.3. The second-order valence-corrected chi connectivity index (χ2v) is 6.10. The fourth-order valence-corrected chi connectivity index (χ4v) is 3.43. The van der Waals surface area contributed by atoms with Crippen LogP contribution in [0.2, 0.25) is 0 Å². The molecule has 0 N–H and O–H groups in total. The topological polar surface area (TPSA) is 51.8 Å². The Hall–Kier alpha value is -2.60. The third kappa shape index (κ3) is 2.59. The summed E-state index contributed by atoms with van der Waals surface area (Å²) in [5.41, 5.74) is 1.85. The molecule has 1 fully saturated rings. The number of rotatable bonds is 4. The Morgan fingerprint density at radius 1 is 1.21 bits per heavy atom. The number of hydrogen-bond donors (Lipinski definition) is 0. The molecule has 0 radical (unpaired) electrons. The van der Waals surface area contributed by atoms with E-state index in [2.05, 4.69) is 22.1 Å². The molecule has 3 heterocycles. The van der Waals surface area contributed by atoms with Gasteiger partial charge >= 0.3 is 5.69 Å². The zero-order valence-electron chi connectivity index (χ0n) is 13.6. The van der Waals surface area contributed by atoms with Gasteiger partial charge in [-0.3, -0.25) is 9.30 Å². The number of nitrogens with zero attached hydrogens (tertiary/aromatic N) is 4. The Morgan fingerprint density at radius 2 is 2.04 bits per heavy atom. The lowest BCUT2D eigenvalue weighted by atomic mass is 10.0. The minimum absolute atomic E-state index is 0.0917. The van der Waals surface area contributed by atoms with Crippen molar-refractivity contribution in [2.75, 3.05) is 13.7 Å². The van der Waals surface area contributed by atoms with Crippen LogP contribution < -0.4 is 10.4 Å². The summed E-state index contributed by atoms with van der Waals surface area (Å²) in [5.74, 6) is 0.861. The largest absolute Gasteiger partial charge is 0.497 e. The molecule has 1 aliphatic heterocycles. The Kier molecular flexibility index (Phi) is 3.82. The first-order valence-corrected chi connectivity index (χ1v) is 8.18. The van der Waals surface area contributed by atoms with Gasteiger partial charge in [0.05, 0.1) is 13.8 Å². The Labute approximate surface area is 139 Å². The lowest BCUT2D eigenvalue weighted by Crippen LogP contribution is -2.32. The number of hydrogen-bond acceptors (Lipinski definition) is 4. The van der Waals surface area contributed by atoms with E-state index in [1.165, 1.54) is 5.56 Å². The molecule has 4 rings (SSSR count). The number of likely N-dealkylation sites (tertiary alicyclic amines) is 1. The van der Waals surface area contributed by atoms with Crippen molar-refractivity contribution < 1.29 is 4.74 Å². The number of methoxy groups -OCH3 is 1. The van der Waals surface area contributed by atoms with E-state index in [-0.39, 0.29) is 5.69 Å². The third-order valence-electron chi connectivity index (χ3n) is 4.67. The molecule has 1 aromatic carbocycles. The first-order valence-electron chi connectivity index (χ1n) is 8.18. The lowest BCUT2D eigenvalue weighted by Gasteiger charge is -2.24. The maximum Gasteiger partial charge on any atom is 0.351 e. The van der Waals surface area contributed by atoms with Crippen LogP contribution in [0.5, 0.6) is 5.75 Å². The Bertz CT molecular complexity index is 897. The van der Waals surface area contributed by atoms with Gasteiger partial charge in [0.15, 0.2) is 5.65 Å². The average Bonchev–Trinajstić information content (AvgIpc) is 3.21. The number of ether oxygens (including phenoxy) is 1. The molecule has 0 amide bonds. The van der Waals surface area contributed by atoms with Crippen LogP contribution >= 0.6 is 0 Å². The summed E-state index contributed by atoms with van der Waals surface area (Å²) < 4.78 is 8.37. The van der Waals surface area contributed by atoms with Crippen molar-refractivity contribution in [1.29, 1.82) is 0 Å². The van der Waals surface area contributed by atoms with Crippen LogP contribution in [0.25, 0.3) is 5.65 Å². The van der Waals surface area contributed by atoms with Crippen molar-refractivity contribution in [3.63, 3.8) is 0 Å². The number of pyridine rings is 1. The molecule has 0 spiro atoms. The minimum atomic E-state index is -0.0917. The van der Waals surface area contributed by atoms with Gasteiger partial charge in [-0.15, -0.1) is 5.10 Å². The summed E-state index contributed by atoms with van der Waals surface area (Å²) in [7, 11) is 1.67. The fraction of sp³-hybridized carbons (Fsp3) is 0.333. The van der Waals surface area contributed by atoms with Crippen LogP contribution in [0.4, 0.5) is 0 Å². The quantitative estimate of drug-likeness (QED) is 0.739. The minimum Gasteiger partial charge on any atom is -0.497 e. The van der Waals surface area contributed by atoms with Crippen molar-refractivity contribution in [2.24, 2.45) is 0 Å². The molecule has 3 aromatic rings. The van der Waals surface area contributed by atoms with Crippen LogP contribution in [-0.4, -0.2) is 32.7 Å².